The van der Waals surface area contributed by atoms with Gasteiger partial charge in [0.15, 0.2) is 0 Å². The maximum absolute atomic E-state index is 5.48. The van der Waals surface area contributed by atoms with E-state index in [1.165, 1.54) is 0 Å². The maximum Gasteiger partial charge on any atom is 0.202 e. The molecular weight excluding hydrogens is 202 g/mol. The third-order valence-electron chi connectivity index (χ3n) is 2.36. The van der Waals surface area contributed by atoms with Crippen LogP contribution in [0.15, 0.2) is 12.4 Å². The zero-order valence-electron chi connectivity index (χ0n) is 10.6. The van der Waals surface area contributed by atoms with Crippen molar-refractivity contribution in [3.05, 3.63) is 12.4 Å². The summed E-state index contributed by atoms with van der Waals surface area (Å²) in [7, 11) is 0. The van der Waals surface area contributed by atoms with Gasteiger partial charge in [-0.05, 0) is 33.6 Å². The fourth-order valence-corrected chi connectivity index (χ4v) is 1.48. The highest BCUT2D eigenvalue weighted by Crippen LogP contribution is 2.04. The van der Waals surface area contributed by atoms with E-state index in [1.54, 1.807) is 0 Å². The number of nitrogens with one attached hydrogen (secondary N) is 1. The molecule has 0 saturated carbocycles. The fourth-order valence-electron chi connectivity index (χ4n) is 1.48. The number of imidazole rings is 1. The van der Waals surface area contributed by atoms with Crippen molar-refractivity contribution in [1.29, 1.82) is 0 Å². The molecule has 0 aromatic carbocycles. The molecule has 0 spiro atoms. The van der Waals surface area contributed by atoms with Gasteiger partial charge in [-0.3, -0.25) is 0 Å². The second-order valence-corrected chi connectivity index (χ2v) is 4.09. The number of ether oxygens (including phenoxy) is 1. The van der Waals surface area contributed by atoms with E-state index >= 15 is 0 Å². The number of hydrogen-bond acceptors (Lipinski definition) is 3. The molecule has 0 fully saturated rings. The van der Waals surface area contributed by atoms with Crippen molar-refractivity contribution >= 4 is 5.95 Å². The molecule has 1 aromatic heterocycles. The van der Waals surface area contributed by atoms with Gasteiger partial charge in [0.2, 0.25) is 5.95 Å². The smallest absolute Gasteiger partial charge is 0.202 e. The highest BCUT2D eigenvalue weighted by atomic mass is 16.5. The number of anilines is 1. The van der Waals surface area contributed by atoms with Gasteiger partial charge in [0, 0.05) is 32.1 Å². The van der Waals surface area contributed by atoms with Gasteiger partial charge >= 0.3 is 0 Å². The first-order valence-electron chi connectivity index (χ1n) is 6.10. The van der Waals surface area contributed by atoms with Crippen LogP contribution in [0.1, 0.15) is 33.6 Å². The molecule has 0 aliphatic rings. The molecule has 16 heavy (non-hydrogen) atoms. The van der Waals surface area contributed by atoms with E-state index in [4.69, 9.17) is 4.74 Å². The van der Waals surface area contributed by atoms with E-state index in [9.17, 15) is 0 Å². The van der Waals surface area contributed by atoms with Gasteiger partial charge in [0.1, 0.15) is 0 Å². The standard InChI is InChI=1S/C12H23N3O/c1-4-15-9-8-14-12(15)13-7-5-6-10-16-11(2)3/h8-9,11H,4-7,10H2,1-3H3,(H,13,14). The Morgan fingerprint density at radius 2 is 2.25 bits per heavy atom. The Labute approximate surface area is 98.0 Å². The minimum absolute atomic E-state index is 0.340. The van der Waals surface area contributed by atoms with Gasteiger partial charge in [0.25, 0.3) is 0 Å². The normalized spacial score (nSPS) is 11.0. The van der Waals surface area contributed by atoms with Crippen molar-refractivity contribution < 1.29 is 4.74 Å². The SMILES string of the molecule is CCn1ccnc1NCCCCOC(C)C. The van der Waals surface area contributed by atoms with Crippen molar-refractivity contribution in [3.63, 3.8) is 0 Å². The second-order valence-electron chi connectivity index (χ2n) is 4.09. The summed E-state index contributed by atoms with van der Waals surface area (Å²) < 4.78 is 7.58. The quantitative estimate of drug-likeness (QED) is 0.691. The van der Waals surface area contributed by atoms with Gasteiger partial charge < -0.3 is 14.6 Å². The van der Waals surface area contributed by atoms with E-state index < -0.39 is 0 Å². The lowest BCUT2D eigenvalue weighted by Gasteiger charge is -2.09. The second kappa shape index (κ2) is 7.28. The molecule has 0 amide bonds. The maximum atomic E-state index is 5.48. The number of aromatic nitrogens is 2. The molecule has 1 N–H and O–H groups in total. The van der Waals surface area contributed by atoms with E-state index in [0.717, 1.165) is 38.5 Å². The van der Waals surface area contributed by atoms with Crippen LogP contribution in [-0.4, -0.2) is 28.8 Å². The van der Waals surface area contributed by atoms with Crippen LogP contribution in [0.4, 0.5) is 5.95 Å². The van der Waals surface area contributed by atoms with Gasteiger partial charge in [-0.2, -0.15) is 0 Å². The van der Waals surface area contributed by atoms with E-state index in [-0.39, 0.29) is 0 Å². The van der Waals surface area contributed by atoms with Crippen LogP contribution in [-0.2, 0) is 11.3 Å². The van der Waals surface area contributed by atoms with Crippen LogP contribution in [0.2, 0.25) is 0 Å². The molecule has 4 heteroatoms. The van der Waals surface area contributed by atoms with Gasteiger partial charge in [-0.1, -0.05) is 0 Å². The van der Waals surface area contributed by atoms with Crippen LogP contribution in [0, 0.1) is 0 Å². The largest absolute Gasteiger partial charge is 0.379 e. The summed E-state index contributed by atoms with van der Waals surface area (Å²) in [6.07, 6.45) is 6.37. The molecule has 1 aromatic rings. The monoisotopic (exact) mass is 225 g/mol. The number of rotatable bonds is 8. The molecule has 92 valence electrons. The fraction of sp³-hybridized carbons (Fsp3) is 0.750. The molecule has 0 unspecified atom stereocenters. The highest BCUT2D eigenvalue weighted by Gasteiger charge is 1.99. The average molecular weight is 225 g/mol. The number of nitrogens with zero attached hydrogens (tertiary/aromatic N) is 2. The summed E-state index contributed by atoms with van der Waals surface area (Å²) in [5.41, 5.74) is 0. The number of aryl methyl sites for hydroxylation is 1. The molecule has 1 heterocycles. The lowest BCUT2D eigenvalue weighted by Crippen LogP contribution is -2.10. The Balaban J connectivity index is 2.07. The van der Waals surface area contributed by atoms with Crippen molar-refractivity contribution in [1.82, 2.24) is 9.55 Å². The third-order valence-corrected chi connectivity index (χ3v) is 2.36. The minimum atomic E-state index is 0.340. The molecule has 0 radical (unpaired) electrons. The lowest BCUT2D eigenvalue weighted by atomic mass is 10.3. The van der Waals surface area contributed by atoms with Crippen LogP contribution in [0.3, 0.4) is 0 Å². The van der Waals surface area contributed by atoms with Crippen LogP contribution in [0.25, 0.3) is 0 Å². The zero-order valence-corrected chi connectivity index (χ0v) is 10.6. The highest BCUT2D eigenvalue weighted by molar-refractivity contribution is 5.25. The molecule has 0 aliphatic heterocycles. The van der Waals surface area contributed by atoms with Crippen LogP contribution >= 0.6 is 0 Å². The van der Waals surface area contributed by atoms with E-state index in [0.29, 0.717) is 6.10 Å². The molecule has 0 atom stereocenters. The number of unbranched alkanes of at least 4 members (excludes halogenated alkanes) is 1. The first-order chi connectivity index (χ1) is 7.74. The predicted octanol–water partition coefficient (Wildman–Crippen LogP) is 2.52. The third kappa shape index (κ3) is 4.66. The first-order valence-corrected chi connectivity index (χ1v) is 6.10. The summed E-state index contributed by atoms with van der Waals surface area (Å²) >= 11 is 0. The molecule has 0 saturated heterocycles. The van der Waals surface area contributed by atoms with E-state index in [2.05, 4.69) is 35.6 Å². The predicted molar refractivity (Wildman–Crippen MR) is 66.7 cm³/mol. The van der Waals surface area contributed by atoms with Gasteiger partial charge in [-0.25, -0.2) is 4.98 Å². The van der Waals surface area contributed by atoms with Crippen LogP contribution < -0.4 is 5.32 Å². The summed E-state index contributed by atoms with van der Waals surface area (Å²) in [6, 6.07) is 0. The summed E-state index contributed by atoms with van der Waals surface area (Å²) in [6.45, 7) is 9.01. The van der Waals surface area contributed by atoms with E-state index in [1.807, 2.05) is 12.4 Å². The van der Waals surface area contributed by atoms with Crippen LogP contribution in [0.5, 0.6) is 0 Å². The lowest BCUT2D eigenvalue weighted by molar-refractivity contribution is 0.0765. The molecular formula is C12H23N3O. The minimum Gasteiger partial charge on any atom is -0.379 e. The molecule has 0 bridgehead atoms. The molecule has 1 rings (SSSR count). The van der Waals surface area contributed by atoms with Crippen molar-refractivity contribution in [2.45, 2.75) is 46.3 Å². The molecule has 0 aliphatic carbocycles. The topological polar surface area (TPSA) is 39.1 Å². The summed E-state index contributed by atoms with van der Waals surface area (Å²) in [4.78, 5) is 4.25. The number of hydrogen-bond donors (Lipinski definition) is 1. The van der Waals surface area contributed by atoms with Crippen molar-refractivity contribution in [3.8, 4) is 0 Å². The Hall–Kier alpha value is -1.03. The Kier molecular flexibility index (Phi) is 5.93. The first kappa shape index (κ1) is 13.0. The van der Waals surface area contributed by atoms with Gasteiger partial charge in [0.05, 0.1) is 6.10 Å². The summed E-state index contributed by atoms with van der Waals surface area (Å²) in [5, 5.41) is 3.33. The van der Waals surface area contributed by atoms with Crippen molar-refractivity contribution in [2.75, 3.05) is 18.5 Å². The Morgan fingerprint density at radius 1 is 1.44 bits per heavy atom. The summed E-state index contributed by atoms with van der Waals surface area (Å²) in [5.74, 6) is 0.965. The zero-order chi connectivity index (χ0) is 11.8. The molecule has 4 nitrogen and oxygen atoms in total. The van der Waals surface area contributed by atoms with Crippen molar-refractivity contribution in [2.24, 2.45) is 0 Å². The Bertz CT molecular complexity index is 284. The average Bonchev–Trinajstić information content (AvgIpc) is 2.70. The Morgan fingerprint density at radius 3 is 2.94 bits per heavy atom. The van der Waals surface area contributed by atoms with Gasteiger partial charge in [-0.15, -0.1) is 0 Å².